The number of carbonyl (C=O) groups is 2. The van der Waals surface area contributed by atoms with Gasteiger partial charge in [0.1, 0.15) is 5.82 Å². The van der Waals surface area contributed by atoms with Gasteiger partial charge in [0, 0.05) is 44.6 Å². The molecule has 0 bridgehead atoms. The third kappa shape index (κ3) is 3.09. The van der Waals surface area contributed by atoms with Gasteiger partial charge in [-0.15, -0.1) is 0 Å². The maximum atomic E-state index is 13.4. The SMILES string of the molecule is CC(=O)N1C[C@H]2CN(C(=O)c3cncc(F)c3)C[C@H]2[C@@H]1c1ccccc1C. The Morgan fingerprint density at radius 1 is 1.15 bits per heavy atom. The van der Waals surface area contributed by atoms with E-state index in [0.717, 1.165) is 17.3 Å². The van der Waals surface area contributed by atoms with Crippen LogP contribution in [0.1, 0.15) is 34.5 Å². The van der Waals surface area contributed by atoms with Gasteiger partial charge in [-0.25, -0.2) is 4.39 Å². The molecular weight excluding hydrogens is 345 g/mol. The summed E-state index contributed by atoms with van der Waals surface area (Å²) in [6.07, 6.45) is 2.49. The van der Waals surface area contributed by atoms with Gasteiger partial charge >= 0.3 is 0 Å². The Morgan fingerprint density at radius 2 is 1.93 bits per heavy atom. The van der Waals surface area contributed by atoms with Crippen LogP contribution in [-0.4, -0.2) is 46.2 Å². The number of benzene rings is 1. The van der Waals surface area contributed by atoms with Gasteiger partial charge in [-0.1, -0.05) is 24.3 Å². The average molecular weight is 367 g/mol. The van der Waals surface area contributed by atoms with Crippen molar-refractivity contribution in [2.24, 2.45) is 11.8 Å². The maximum Gasteiger partial charge on any atom is 0.255 e. The smallest absolute Gasteiger partial charge is 0.255 e. The molecule has 2 aliphatic rings. The predicted molar refractivity (Wildman–Crippen MR) is 98.4 cm³/mol. The largest absolute Gasteiger partial charge is 0.338 e. The lowest BCUT2D eigenvalue weighted by Gasteiger charge is -2.30. The van der Waals surface area contributed by atoms with Crippen LogP contribution in [0.5, 0.6) is 0 Å². The van der Waals surface area contributed by atoms with E-state index in [2.05, 4.69) is 24.0 Å². The Morgan fingerprint density at radius 3 is 2.63 bits per heavy atom. The fourth-order valence-corrected chi connectivity index (χ4v) is 4.56. The van der Waals surface area contributed by atoms with Crippen LogP contribution in [0, 0.1) is 24.6 Å². The first kappa shape index (κ1) is 17.6. The molecule has 4 rings (SSSR count). The summed E-state index contributed by atoms with van der Waals surface area (Å²) in [6.45, 7) is 5.43. The van der Waals surface area contributed by atoms with Crippen LogP contribution in [0.2, 0.25) is 0 Å². The first-order valence-electron chi connectivity index (χ1n) is 9.18. The first-order valence-corrected chi connectivity index (χ1v) is 9.18. The number of pyridine rings is 1. The van der Waals surface area contributed by atoms with Crippen molar-refractivity contribution in [1.29, 1.82) is 0 Å². The van der Waals surface area contributed by atoms with Crippen LogP contribution >= 0.6 is 0 Å². The highest BCUT2D eigenvalue weighted by molar-refractivity contribution is 5.94. The molecule has 2 aliphatic heterocycles. The van der Waals surface area contributed by atoms with E-state index in [1.807, 2.05) is 17.0 Å². The summed E-state index contributed by atoms with van der Waals surface area (Å²) in [5, 5.41) is 0. The number of aryl methyl sites for hydroxylation is 1. The molecule has 27 heavy (non-hydrogen) atoms. The minimum absolute atomic E-state index is 0.0304. The number of rotatable bonds is 2. The van der Waals surface area contributed by atoms with Crippen molar-refractivity contribution in [1.82, 2.24) is 14.8 Å². The second kappa shape index (κ2) is 6.76. The maximum absolute atomic E-state index is 13.4. The van der Waals surface area contributed by atoms with Gasteiger partial charge in [0.15, 0.2) is 0 Å². The molecule has 5 nitrogen and oxygen atoms in total. The second-order valence-corrected chi connectivity index (χ2v) is 7.50. The van der Waals surface area contributed by atoms with Crippen LogP contribution in [0.4, 0.5) is 4.39 Å². The van der Waals surface area contributed by atoms with E-state index in [0.29, 0.717) is 19.6 Å². The highest BCUT2D eigenvalue weighted by Crippen LogP contribution is 2.46. The molecule has 3 atom stereocenters. The summed E-state index contributed by atoms with van der Waals surface area (Å²) in [4.78, 5) is 32.5. The monoisotopic (exact) mass is 367 g/mol. The second-order valence-electron chi connectivity index (χ2n) is 7.50. The zero-order valence-corrected chi connectivity index (χ0v) is 15.4. The standard InChI is InChI=1S/C21H22FN3O2/c1-13-5-3-4-6-18(13)20-19-12-24(10-16(19)11-25(20)14(2)26)21(27)15-7-17(22)9-23-8-15/h3-9,16,19-20H,10-12H2,1-2H3/t16-,19-,20+/m1/s1. The van der Waals surface area contributed by atoms with Crippen molar-refractivity contribution in [2.45, 2.75) is 19.9 Å². The average Bonchev–Trinajstić information content (AvgIpc) is 3.20. The van der Waals surface area contributed by atoms with Crippen molar-refractivity contribution >= 4 is 11.8 Å². The van der Waals surface area contributed by atoms with Crippen molar-refractivity contribution in [3.63, 3.8) is 0 Å². The summed E-state index contributed by atoms with van der Waals surface area (Å²) in [5.41, 5.74) is 2.56. The lowest BCUT2D eigenvalue weighted by atomic mass is 9.87. The Labute approximate surface area is 157 Å². The summed E-state index contributed by atoms with van der Waals surface area (Å²) in [6, 6.07) is 9.30. The van der Waals surface area contributed by atoms with Crippen LogP contribution in [0.15, 0.2) is 42.7 Å². The fourth-order valence-electron chi connectivity index (χ4n) is 4.56. The Bertz CT molecular complexity index is 901. The third-order valence-corrected chi connectivity index (χ3v) is 5.81. The van der Waals surface area contributed by atoms with E-state index in [4.69, 9.17) is 0 Å². The number of hydrogen-bond donors (Lipinski definition) is 0. The number of halogens is 1. The Kier molecular flexibility index (Phi) is 4.42. The number of nitrogens with zero attached hydrogens (tertiary/aromatic N) is 3. The lowest BCUT2D eigenvalue weighted by molar-refractivity contribution is -0.130. The van der Waals surface area contributed by atoms with Crippen molar-refractivity contribution < 1.29 is 14.0 Å². The highest BCUT2D eigenvalue weighted by Gasteiger charge is 2.49. The predicted octanol–water partition coefficient (Wildman–Crippen LogP) is 2.82. The zero-order valence-electron chi connectivity index (χ0n) is 15.4. The molecular formula is C21H22FN3O2. The third-order valence-electron chi connectivity index (χ3n) is 5.81. The fraction of sp³-hybridized carbons (Fsp3) is 0.381. The molecule has 0 N–H and O–H groups in total. The zero-order chi connectivity index (χ0) is 19.1. The van der Waals surface area contributed by atoms with Gasteiger partial charge in [0.05, 0.1) is 17.8 Å². The molecule has 2 saturated heterocycles. The van der Waals surface area contributed by atoms with Gasteiger partial charge in [0.25, 0.3) is 5.91 Å². The van der Waals surface area contributed by atoms with E-state index < -0.39 is 5.82 Å². The van der Waals surface area contributed by atoms with Crippen molar-refractivity contribution in [3.05, 3.63) is 65.2 Å². The summed E-state index contributed by atoms with van der Waals surface area (Å²) < 4.78 is 13.4. The summed E-state index contributed by atoms with van der Waals surface area (Å²) in [7, 11) is 0. The molecule has 140 valence electrons. The molecule has 2 aromatic rings. The highest BCUT2D eigenvalue weighted by atomic mass is 19.1. The van der Waals surface area contributed by atoms with Crippen LogP contribution < -0.4 is 0 Å². The Balaban J connectivity index is 1.62. The number of amides is 2. The van der Waals surface area contributed by atoms with Gasteiger partial charge < -0.3 is 9.80 Å². The molecule has 1 aromatic carbocycles. The normalized spacial score (nSPS) is 24.2. The minimum atomic E-state index is -0.513. The Hall–Kier alpha value is -2.76. The molecule has 0 aliphatic carbocycles. The van der Waals surface area contributed by atoms with Crippen LogP contribution in [0.3, 0.4) is 0 Å². The van der Waals surface area contributed by atoms with E-state index in [1.54, 1.807) is 11.8 Å². The number of aromatic nitrogens is 1. The minimum Gasteiger partial charge on any atom is -0.338 e. The van der Waals surface area contributed by atoms with E-state index in [-0.39, 0.29) is 35.3 Å². The van der Waals surface area contributed by atoms with Gasteiger partial charge in [-0.05, 0) is 24.1 Å². The quantitative estimate of drug-likeness (QED) is 0.820. The van der Waals surface area contributed by atoms with Crippen molar-refractivity contribution in [2.75, 3.05) is 19.6 Å². The van der Waals surface area contributed by atoms with Gasteiger partial charge in [0.2, 0.25) is 5.91 Å². The molecule has 2 amide bonds. The molecule has 2 fully saturated rings. The number of fused-ring (bicyclic) bond motifs is 1. The molecule has 0 unspecified atom stereocenters. The topological polar surface area (TPSA) is 53.5 Å². The van der Waals surface area contributed by atoms with E-state index in [9.17, 15) is 14.0 Å². The summed E-state index contributed by atoms with van der Waals surface area (Å²) >= 11 is 0. The van der Waals surface area contributed by atoms with Crippen LogP contribution in [0.25, 0.3) is 0 Å². The van der Waals surface area contributed by atoms with Crippen LogP contribution in [-0.2, 0) is 4.79 Å². The van der Waals surface area contributed by atoms with Gasteiger partial charge in [-0.2, -0.15) is 0 Å². The molecule has 6 heteroatoms. The molecule has 0 saturated carbocycles. The van der Waals surface area contributed by atoms with E-state index >= 15 is 0 Å². The molecule has 1 aromatic heterocycles. The molecule has 0 spiro atoms. The first-order chi connectivity index (χ1) is 13.0. The lowest BCUT2D eigenvalue weighted by Crippen LogP contribution is -2.36. The number of likely N-dealkylation sites (tertiary alicyclic amines) is 2. The van der Waals surface area contributed by atoms with Gasteiger partial charge in [-0.3, -0.25) is 14.6 Å². The molecule has 0 radical (unpaired) electrons. The van der Waals surface area contributed by atoms with E-state index in [1.165, 1.54) is 12.3 Å². The number of hydrogen-bond acceptors (Lipinski definition) is 3. The molecule has 3 heterocycles. The van der Waals surface area contributed by atoms with Crippen molar-refractivity contribution in [3.8, 4) is 0 Å². The summed E-state index contributed by atoms with van der Waals surface area (Å²) in [5.74, 6) is -0.246. The number of carbonyl (C=O) groups excluding carboxylic acids is 2.